The highest BCUT2D eigenvalue weighted by molar-refractivity contribution is 9.10. The maximum absolute atomic E-state index is 12.3. The number of carbonyl (C=O) groups is 1. The Hall–Kier alpha value is -2.71. The lowest BCUT2D eigenvalue weighted by molar-refractivity contribution is 0.0947. The molecule has 158 valence electrons. The molecular weight excluding hydrogens is 474 g/mol. The summed E-state index contributed by atoms with van der Waals surface area (Å²) in [6.45, 7) is 0.633. The van der Waals surface area contributed by atoms with Crippen molar-refractivity contribution < 1.29 is 19.0 Å². The molecule has 3 rings (SSSR count). The summed E-state index contributed by atoms with van der Waals surface area (Å²) in [5, 5.41) is 7.73. The number of rotatable bonds is 9. The lowest BCUT2D eigenvalue weighted by Gasteiger charge is -2.10. The van der Waals surface area contributed by atoms with E-state index >= 15 is 0 Å². The highest BCUT2D eigenvalue weighted by atomic mass is 79.9. The van der Waals surface area contributed by atoms with Gasteiger partial charge >= 0.3 is 0 Å². The number of hydrogen-bond donors (Lipinski definition) is 1. The zero-order chi connectivity index (χ0) is 21.5. The van der Waals surface area contributed by atoms with Crippen LogP contribution in [0.15, 0.2) is 53.1 Å². The summed E-state index contributed by atoms with van der Waals surface area (Å²) in [4.78, 5) is 12.3. The van der Waals surface area contributed by atoms with Crippen molar-refractivity contribution in [2.75, 3.05) is 20.8 Å². The highest BCUT2D eigenvalue weighted by Gasteiger charge is 2.10. The van der Waals surface area contributed by atoms with Gasteiger partial charge in [0.15, 0.2) is 18.2 Å². The Morgan fingerprint density at radius 2 is 1.87 bits per heavy atom. The van der Waals surface area contributed by atoms with Crippen LogP contribution in [0.4, 0.5) is 0 Å². The van der Waals surface area contributed by atoms with Crippen molar-refractivity contribution in [3.63, 3.8) is 0 Å². The maximum Gasteiger partial charge on any atom is 0.271 e. The third-order valence-electron chi connectivity index (χ3n) is 4.27. The molecule has 0 aliphatic rings. The quantitative estimate of drug-likeness (QED) is 0.479. The second-order valence-corrected chi connectivity index (χ2v) is 7.57. The number of amides is 1. The van der Waals surface area contributed by atoms with Gasteiger partial charge in [-0.25, -0.2) is 4.68 Å². The van der Waals surface area contributed by atoms with E-state index in [-0.39, 0.29) is 12.6 Å². The van der Waals surface area contributed by atoms with Crippen LogP contribution in [-0.2, 0) is 13.2 Å². The van der Waals surface area contributed by atoms with Crippen molar-refractivity contribution in [3.05, 3.63) is 69.4 Å². The zero-order valence-electron chi connectivity index (χ0n) is 16.5. The molecule has 0 unspecified atom stereocenters. The summed E-state index contributed by atoms with van der Waals surface area (Å²) in [7, 11) is 3.19. The second-order valence-electron chi connectivity index (χ2n) is 6.28. The first-order chi connectivity index (χ1) is 14.5. The van der Waals surface area contributed by atoms with Crippen LogP contribution < -0.4 is 19.5 Å². The summed E-state index contributed by atoms with van der Waals surface area (Å²) in [5.41, 5.74) is 1.35. The standard InChI is InChI=1S/C21H21BrClN3O4/c1-28-19-5-3-14(11-20(19)29-2)7-9-24-21(27)17-8-10-26(25-17)13-30-18-6-4-15(23)12-16(18)22/h3-6,8,10-12H,7,9,13H2,1-2H3,(H,24,27). The average Bonchev–Trinajstić information content (AvgIpc) is 3.22. The number of hydrogen-bond acceptors (Lipinski definition) is 5. The molecule has 0 atom stereocenters. The van der Waals surface area contributed by atoms with Crippen LogP contribution in [0.25, 0.3) is 0 Å². The van der Waals surface area contributed by atoms with E-state index in [1.165, 1.54) is 0 Å². The Morgan fingerprint density at radius 3 is 2.60 bits per heavy atom. The predicted molar refractivity (Wildman–Crippen MR) is 118 cm³/mol. The van der Waals surface area contributed by atoms with Crippen molar-refractivity contribution in [3.8, 4) is 17.2 Å². The molecule has 0 spiro atoms. The fourth-order valence-electron chi connectivity index (χ4n) is 2.73. The second kappa shape index (κ2) is 10.4. The Labute approximate surface area is 188 Å². The molecule has 0 aliphatic carbocycles. The summed E-state index contributed by atoms with van der Waals surface area (Å²) in [5.74, 6) is 1.72. The molecule has 9 heteroatoms. The van der Waals surface area contributed by atoms with Gasteiger partial charge < -0.3 is 19.5 Å². The van der Waals surface area contributed by atoms with Gasteiger partial charge in [-0.2, -0.15) is 5.10 Å². The number of halogens is 2. The van der Waals surface area contributed by atoms with Crippen LogP contribution >= 0.6 is 27.5 Å². The third-order valence-corrected chi connectivity index (χ3v) is 5.12. The molecular formula is C21H21BrClN3O4. The number of ether oxygens (including phenoxy) is 3. The normalized spacial score (nSPS) is 10.5. The van der Waals surface area contributed by atoms with Gasteiger partial charge in [0.05, 0.1) is 18.7 Å². The molecule has 3 aromatic rings. The van der Waals surface area contributed by atoms with Gasteiger partial charge in [0.1, 0.15) is 11.4 Å². The molecule has 0 aliphatic heterocycles. The minimum Gasteiger partial charge on any atom is -0.493 e. The molecule has 1 heterocycles. The molecule has 2 aromatic carbocycles. The van der Waals surface area contributed by atoms with Crippen LogP contribution in [0, 0.1) is 0 Å². The van der Waals surface area contributed by atoms with E-state index in [9.17, 15) is 4.79 Å². The van der Waals surface area contributed by atoms with E-state index in [0.717, 1.165) is 10.0 Å². The van der Waals surface area contributed by atoms with Crippen LogP contribution in [0.5, 0.6) is 17.2 Å². The van der Waals surface area contributed by atoms with Crippen LogP contribution in [-0.4, -0.2) is 36.5 Å². The Bertz CT molecular complexity index is 1030. The number of nitrogens with one attached hydrogen (secondary N) is 1. The molecule has 1 N–H and O–H groups in total. The molecule has 0 radical (unpaired) electrons. The fraction of sp³-hybridized carbons (Fsp3) is 0.238. The number of aromatic nitrogens is 2. The van der Waals surface area contributed by atoms with Gasteiger partial charge in [-0.05, 0) is 64.3 Å². The lowest BCUT2D eigenvalue weighted by Crippen LogP contribution is -2.26. The maximum atomic E-state index is 12.3. The largest absolute Gasteiger partial charge is 0.493 e. The number of benzene rings is 2. The summed E-state index contributed by atoms with van der Waals surface area (Å²) in [6.07, 6.45) is 2.34. The third kappa shape index (κ3) is 5.67. The Morgan fingerprint density at radius 1 is 1.10 bits per heavy atom. The van der Waals surface area contributed by atoms with E-state index in [0.29, 0.717) is 40.9 Å². The van der Waals surface area contributed by atoms with Crippen molar-refractivity contribution in [1.82, 2.24) is 15.1 Å². The first kappa shape index (κ1) is 22.0. The van der Waals surface area contributed by atoms with E-state index in [4.69, 9.17) is 25.8 Å². The number of carbonyl (C=O) groups excluding carboxylic acids is 1. The van der Waals surface area contributed by atoms with Gasteiger partial charge in [-0.1, -0.05) is 17.7 Å². The first-order valence-corrected chi connectivity index (χ1v) is 10.3. The minimum absolute atomic E-state index is 0.166. The molecule has 7 nitrogen and oxygen atoms in total. The van der Waals surface area contributed by atoms with Crippen molar-refractivity contribution in [1.29, 1.82) is 0 Å². The molecule has 30 heavy (non-hydrogen) atoms. The molecule has 0 bridgehead atoms. The summed E-state index contributed by atoms with van der Waals surface area (Å²) >= 11 is 9.32. The lowest BCUT2D eigenvalue weighted by atomic mass is 10.1. The van der Waals surface area contributed by atoms with E-state index in [1.54, 1.807) is 49.4 Å². The first-order valence-electron chi connectivity index (χ1n) is 9.10. The summed E-state index contributed by atoms with van der Waals surface area (Å²) < 4.78 is 18.5. The average molecular weight is 495 g/mol. The van der Waals surface area contributed by atoms with Gasteiger partial charge in [-0.3, -0.25) is 4.79 Å². The fourth-order valence-corrected chi connectivity index (χ4v) is 3.53. The van der Waals surface area contributed by atoms with Crippen LogP contribution in [0.2, 0.25) is 5.02 Å². The Kier molecular flexibility index (Phi) is 7.59. The van der Waals surface area contributed by atoms with Crippen molar-refractivity contribution in [2.24, 2.45) is 0 Å². The monoisotopic (exact) mass is 493 g/mol. The smallest absolute Gasteiger partial charge is 0.271 e. The summed E-state index contributed by atoms with van der Waals surface area (Å²) in [6, 6.07) is 12.6. The van der Waals surface area contributed by atoms with Gasteiger partial charge in [0.25, 0.3) is 5.91 Å². The van der Waals surface area contributed by atoms with Crippen LogP contribution in [0.1, 0.15) is 16.1 Å². The zero-order valence-corrected chi connectivity index (χ0v) is 18.9. The molecule has 0 fully saturated rings. The minimum atomic E-state index is -0.248. The van der Waals surface area contributed by atoms with Crippen molar-refractivity contribution in [2.45, 2.75) is 13.2 Å². The SMILES string of the molecule is COc1ccc(CCNC(=O)c2ccn(COc3ccc(Cl)cc3Br)n2)cc1OC. The topological polar surface area (TPSA) is 74.6 Å². The predicted octanol–water partition coefficient (Wildman–Crippen LogP) is 4.33. The van der Waals surface area contributed by atoms with Gasteiger partial charge in [0, 0.05) is 17.8 Å². The van der Waals surface area contributed by atoms with Crippen molar-refractivity contribution >= 4 is 33.4 Å². The van der Waals surface area contributed by atoms with Gasteiger partial charge in [0.2, 0.25) is 0 Å². The van der Waals surface area contributed by atoms with Gasteiger partial charge in [-0.15, -0.1) is 0 Å². The molecule has 1 amide bonds. The highest BCUT2D eigenvalue weighted by Crippen LogP contribution is 2.28. The molecule has 0 saturated carbocycles. The van der Waals surface area contributed by atoms with E-state index in [2.05, 4.69) is 26.3 Å². The number of methoxy groups -OCH3 is 2. The van der Waals surface area contributed by atoms with Crippen LogP contribution in [0.3, 0.4) is 0 Å². The van der Waals surface area contributed by atoms with E-state index in [1.807, 2.05) is 18.2 Å². The Balaban J connectivity index is 1.50. The molecule has 0 saturated heterocycles. The number of nitrogens with zero attached hydrogens (tertiary/aromatic N) is 2. The molecule has 1 aromatic heterocycles. The van der Waals surface area contributed by atoms with E-state index < -0.39 is 0 Å².